The van der Waals surface area contributed by atoms with Crippen LogP contribution in [0.4, 0.5) is 0 Å². The largest absolute Gasteiger partial charge is 0.384 e. The number of nitrogens with two attached hydrogens (primary N) is 1. The summed E-state index contributed by atoms with van der Waals surface area (Å²) in [5.41, 5.74) is 8.83. The molecule has 0 spiro atoms. The number of benzene rings is 2. The fourth-order valence-electron chi connectivity index (χ4n) is 5.60. The first-order chi connectivity index (χ1) is 16.9. The summed E-state index contributed by atoms with van der Waals surface area (Å²) < 4.78 is 1.99. The van der Waals surface area contributed by atoms with Crippen molar-refractivity contribution >= 4 is 16.7 Å². The van der Waals surface area contributed by atoms with Crippen LogP contribution in [0.3, 0.4) is 0 Å². The second-order valence-electron chi connectivity index (χ2n) is 10.2. The molecule has 2 unspecified atom stereocenters. The van der Waals surface area contributed by atoms with Gasteiger partial charge in [-0.1, -0.05) is 49.7 Å². The van der Waals surface area contributed by atoms with Gasteiger partial charge in [-0.3, -0.25) is 15.1 Å². The van der Waals surface area contributed by atoms with Gasteiger partial charge in [0.15, 0.2) is 0 Å². The maximum absolute atomic E-state index is 13.9. The number of piperidine rings is 1. The Balaban J connectivity index is 1.74. The molecular formula is C29H39N5O. The molecule has 1 aliphatic heterocycles. The molecule has 3 N–H and O–H groups in total. The second kappa shape index (κ2) is 11.2. The third-order valence-corrected chi connectivity index (χ3v) is 7.19. The van der Waals surface area contributed by atoms with E-state index in [4.69, 9.17) is 11.1 Å². The molecule has 1 aromatic heterocycles. The third kappa shape index (κ3) is 5.82. The Hall–Kier alpha value is -2.96. The number of likely N-dealkylation sites (tertiary alicyclic amines) is 1. The van der Waals surface area contributed by atoms with E-state index in [-0.39, 0.29) is 11.4 Å². The highest BCUT2D eigenvalue weighted by Crippen LogP contribution is 2.25. The van der Waals surface area contributed by atoms with E-state index in [0.717, 1.165) is 48.9 Å². The van der Waals surface area contributed by atoms with Crippen LogP contribution < -0.4 is 11.3 Å². The summed E-state index contributed by atoms with van der Waals surface area (Å²) in [4.78, 5) is 18.9. The van der Waals surface area contributed by atoms with Crippen molar-refractivity contribution < 1.29 is 0 Å². The standard InChI is InChI=1S/C29H39N5O/c1-4-9-25(33-15-8-10-21(19-33)18-32(2)3)20-34-27-14-6-5-11-23(27)17-26(29(34)35)22-12-7-13-24(16-22)28(30)31/h5-7,11-14,16-17,21,25H,4,8-10,15,18-20H2,1-3H3,(H3,30,31). The zero-order valence-corrected chi connectivity index (χ0v) is 21.3. The minimum absolute atomic E-state index is 0.00773. The molecule has 4 rings (SSSR count). The number of rotatable bonds is 9. The molecule has 2 aromatic carbocycles. The van der Waals surface area contributed by atoms with Crippen molar-refractivity contribution in [2.75, 3.05) is 33.7 Å². The van der Waals surface area contributed by atoms with Gasteiger partial charge in [0, 0.05) is 36.8 Å². The minimum atomic E-state index is 0.00773. The van der Waals surface area contributed by atoms with E-state index in [2.05, 4.69) is 43.0 Å². The molecule has 0 aliphatic carbocycles. The first-order valence-electron chi connectivity index (χ1n) is 12.8. The van der Waals surface area contributed by atoms with Crippen LogP contribution >= 0.6 is 0 Å². The van der Waals surface area contributed by atoms with Crippen LogP contribution in [0.1, 0.15) is 38.2 Å². The van der Waals surface area contributed by atoms with E-state index in [1.165, 1.54) is 12.8 Å². The van der Waals surface area contributed by atoms with Crippen molar-refractivity contribution in [2.24, 2.45) is 11.7 Å². The Morgan fingerprint density at radius 2 is 1.97 bits per heavy atom. The number of nitrogens with zero attached hydrogens (tertiary/aromatic N) is 3. The number of amidine groups is 1. The second-order valence-corrected chi connectivity index (χ2v) is 10.2. The van der Waals surface area contributed by atoms with Crippen molar-refractivity contribution in [1.82, 2.24) is 14.4 Å². The highest BCUT2D eigenvalue weighted by Gasteiger charge is 2.27. The Bertz CT molecular complexity index is 1230. The minimum Gasteiger partial charge on any atom is -0.384 e. The smallest absolute Gasteiger partial charge is 0.258 e. The third-order valence-electron chi connectivity index (χ3n) is 7.19. The van der Waals surface area contributed by atoms with Crippen LogP contribution in [0.25, 0.3) is 22.0 Å². The average Bonchev–Trinajstić information content (AvgIpc) is 2.84. The Kier molecular flexibility index (Phi) is 8.04. The van der Waals surface area contributed by atoms with Crippen LogP contribution in [0, 0.1) is 11.3 Å². The van der Waals surface area contributed by atoms with Crippen molar-refractivity contribution in [3.8, 4) is 11.1 Å². The molecule has 1 saturated heterocycles. The van der Waals surface area contributed by atoms with E-state index in [1.54, 1.807) is 0 Å². The highest BCUT2D eigenvalue weighted by atomic mass is 16.1. The first kappa shape index (κ1) is 25.1. The molecule has 6 heteroatoms. The molecule has 35 heavy (non-hydrogen) atoms. The lowest BCUT2D eigenvalue weighted by Gasteiger charge is -2.39. The van der Waals surface area contributed by atoms with Crippen LogP contribution in [0.5, 0.6) is 0 Å². The number of hydrogen-bond donors (Lipinski definition) is 2. The zero-order chi connectivity index (χ0) is 24.9. The summed E-state index contributed by atoms with van der Waals surface area (Å²) >= 11 is 0. The van der Waals surface area contributed by atoms with Gasteiger partial charge in [0.1, 0.15) is 5.84 Å². The lowest BCUT2D eigenvalue weighted by molar-refractivity contribution is 0.0941. The normalized spacial score (nSPS) is 17.7. The number of pyridine rings is 1. The first-order valence-corrected chi connectivity index (χ1v) is 12.8. The average molecular weight is 474 g/mol. The molecule has 0 saturated carbocycles. The molecule has 6 nitrogen and oxygen atoms in total. The molecular weight excluding hydrogens is 434 g/mol. The quantitative estimate of drug-likeness (QED) is 0.357. The Morgan fingerprint density at radius 1 is 1.17 bits per heavy atom. The number of para-hydroxylation sites is 1. The van der Waals surface area contributed by atoms with Crippen molar-refractivity contribution in [1.29, 1.82) is 5.41 Å². The van der Waals surface area contributed by atoms with Gasteiger partial charge in [0.2, 0.25) is 0 Å². The molecule has 186 valence electrons. The van der Waals surface area contributed by atoms with Gasteiger partial charge in [-0.2, -0.15) is 0 Å². The number of nitrogen functional groups attached to an aromatic ring is 1. The van der Waals surface area contributed by atoms with Gasteiger partial charge in [-0.25, -0.2) is 0 Å². The molecule has 0 bridgehead atoms. The van der Waals surface area contributed by atoms with E-state index >= 15 is 0 Å². The van der Waals surface area contributed by atoms with Gasteiger partial charge in [-0.15, -0.1) is 0 Å². The molecule has 1 aliphatic rings. The van der Waals surface area contributed by atoms with Crippen molar-refractivity contribution in [3.05, 3.63) is 70.5 Å². The van der Waals surface area contributed by atoms with E-state index in [0.29, 0.717) is 29.6 Å². The Labute approximate surface area is 208 Å². The maximum atomic E-state index is 13.9. The predicted molar refractivity (Wildman–Crippen MR) is 146 cm³/mol. The van der Waals surface area contributed by atoms with Gasteiger partial charge >= 0.3 is 0 Å². The molecule has 2 atom stereocenters. The number of hydrogen-bond acceptors (Lipinski definition) is 4. The SMILES string of the molecule is CCCC(Cn1c(=O)c(-c2cccc(C(=N)N)c2)cc2ccccc21)N1CCCC(CN(C)C)C1. The summed E-state index contributed by atoms with van der Waals surface area (Å²) in [5, 5.41) is 8.87. The van der Waals surface area contributed by atoms with Crippen LogP contribution in [-0.4, -0.2) is 60.0 Å². The van der Waals surface area contributed by atoms with Gasteiger partial charge in [0.25, 0.3) is 5.56 Å². The Morgan fingerprint density at radius 3 is 2.71 bits per heavy atom. The van der Waals surface area contributed by atoms with E-state index in [1.807, 2.05) is 47.0 Å². The fourth-order valence-corrected chi connectivity index (χ4v) is 5.60. The van der Waals surface area contributed by atoms with Crippen LogP contribution in [0.2, 0.25) is 0 Å². The fraction of sp³-hybridized carbons (Fsp3) is 0.448. The summed E-state index contributed by atoms with van der Waals surface area (Å²) in [6, 6.07) is 17.9. The molecule has 0 amide bonds. The molecule has 2 heterocycles. The monoisotopic (exact) mass is 473 g/mol. The van der Waals surface area contributed by atoms with Crippen LogP contribution in [-0.2, 0) is 6.54 Å². The summed E-state index contributed by atoms with van der Waals surface area (Å²) in [6.45, 7) is 6.22. The van der Waals surface area contributed by atoms with E-state index in [9.17, 15) is 4.79 Å². The topological polar surface area (TPSA) is 78.3 Å². The summed E-state index contributed by atoms with van der Waals surface area (Å²) in [6.07, 6.45) is 4.65. The summed E-state index contributed by atoms with van der Waals surface area (Å²) in [7, 11) is 4.31. The lowest BCUT2D eigenvalue weighted by Crippen LogP contribution is -2.47. The molecule has 1 fully saturated rings. The zero-order valence-electron chi connectivity index (χ0n) is 21.3. The van der Waals surface area contributed by atoms with Gasteiger partial charge in [-0.05, 0) is 75.0 Å². The van der Waals surface area contributed by atoms with Crippen molar-refractivity contribution in [2.45, 2.75) is 45.2 Å². The van der Waals surface area contributed by atoms with Crippen LogP contribution in [0.15, 0.2) is 59.4 Å². The van der Waals surface area contributed by atoms with Gasteiger partial charge < -0.3 is 15.2 Å². The molecule has 0 radical (unpaired) electrons. The number of aromatic nitrogens is 1. The van der Waals surface area contributed by atoms with Gasteiger partial charge in [0.05, 0.1) is 5.52 Å². The maximum Gasteiger partial charge on any atom is 0.258 e. The predicted octanol–water partition coefficient (Wildman–Crippen LogP) is 4.39. The van der Waals surface area contributed by atoms with Crippen molar-refractivity contribution in [3.63, 3.8) is 0 Å². The number of nitrogens with one attached hydrogen (secondary N) is 1. The molecule has 3 aromatic rings. The van der Waals surface area contributed by atoms with E-state index < -0.39 is 0 Å². The highest BCUT2D eigenvalue weighted by molar-refractivity contribution is 5.96. The number of fused-ring (bicyclic) bond motifs is 1. The summed E-state index contributed by atoms with van der Waals surface area (Å²) in [5.74, 6) is 0.681. The lowest BCUT2D eigenvalue weighted by atomic mass is 9.95.